The normalized spacial score (nSPS) is 12.5. The maximum atomic E-state index is 12.0. The first-order valence-electron chi connectivity index (χ1n) is 5.95. The Balaban J connectivity index is 1.67. The van der Waals surface area contributed by atoms with E-state index in [-0.39, 0.29) is 12.7 Å². The monoisotopic (exact) mass is 259 g/mol. The van der Waals surface area contributed by atoms with Gasteiger partial charge in [0.15, 0.2) is 11.5 Å². The fraction of sp³-hybridized carbons (Fsp3) is 0.214. The Labute approximate surface area is 110 Å². The van der Waals surface area contributed by atoms with Gasteiger partial charge in [0.25, 0.3) is 5.91 Å². The van der Waals surface area contributed by atoms with Crippen LogP contribution in [0.15, 0.2) is 34.7 Å². The average Bonchev–Trinajstić information content (AvgIpc) is 3.03. The number of ether oxygens (including phenoxy) is 2. The third-order valence-electron chi connectivity index (χ3n) is 2.85. The van der Waals surface area contributed by atoms with Gasteiger partial charge in [-0.15, -0.1) is 0 Å². The lowest BCUT2D eigenvalue weighted by atomic mass is 10.2. The molecule has 0 saturated heterocycles. The molecule has 0 bridgehead atoms. The molecule has 0 atom stereocenters. The van der Waals surface area contributed by atoms with Gasteiger partial charge in [-0.25, -0.2) is 0 Å². The minimum absolute atomic E-state index is 0.174. The van der Waals surface area contributed by atoms with E-state index in [9.17, 15) is 4.79 Å². The zero-order valence-corrected chi connectivity index (χ0v) is 10.4. The van der Waals surface area contributed by atoms with Crippen LogP contribution in [0.4, 0.5) is 0 Å². The number of amides is 1. The first kappa shape index (κ1) is 11.6. The molecule has 1 aliphatic heterocycles. The molecule has 98 valence electrons. The van der Waals surface area contributed by atoms with Gasteiger partial charge >= 0.3 is 0 Å². The molecule has 2 heterocycles. The lowest BCUT2D eigenvalue weighted by Gasteiger charge is -2.04. The van der Waals surface area contributed by atoms with Crippen molar-refractivity contribution >= 4 is 5.91 Å². The first-order chi connectivity index (χ1) is 9.22. The Morgan fingerprint density at radius 3 is 2.84 bits per heavy atom. The number of carbonyl (C=O) groups excluding carboxylic acids is 1. The predicted molar refractivity (Wildman–Crippen MR) is 67.2 cm³/mol. The molecule has 0 unspecified atom stereocenters. The minimum atomic E-state index is -0.174. The Morgan fingerprint density at radius 1 is 1.21 bits per heavy atom. The smallest absolute Gasteiger partial charge is 0.251 e. The Hall–Kier alpha value is -2.43. The number of hydrogen-bond donors (Lipinski definition) is 1. The Kier molecular flexibility index (Phi) is 2.87. The number of rotatable bonds is 3. The van der Waals surface area contributed by atoms with Crippen molar-refractivity contribution in [3.05, 3.63) is 47.4 Å². The fourth-order valence-corrected chi connectivity index (χ4v) is 1.89. The molecular weight excluding hydrogens is 246 g/mol. The number of aryl methyl sites for hydroxylation is 1. The number of carbonyl (C=O) groups is 1. The summed E-state index contributed by atoms with van der Waals surface area (Å²) in [7, 11) is 0. The van der Waals surface area contributed by atoms with Crippen LogP contribution < -0.4 is 14.8 Å². The molecule has 5 heteroatoms. The van der Waals surface area contributed by atoms with E-state index in [1.807, 2.05) is 19.1 Å². The molecule has 0 spiro atoms. The van der Waals surface area contributed by atoms with E-state index in [4.69, 9.17) is 13.9 Å². The highest BCUT2D eigenvalue weighted by molar-refractivity contribution is 5.94. The Bertz CT molecular complexity index is 618. The fourth-order valence-electron chi connectivity index (χ4n) is 1.89. The van der Waals surface area contributed by atoms with Crippen LogP contribution in [-0.4, -0.2) is 12.7 Å². The van der Waals surface area contributed by atoms with Crippen LogP contribution in [0.25, 0.3) is 0 Å². The van der Waals surface area contributed by atoms with Crippen molar-refractivity contribution in [3.8, 4) is 11.5 Å². The van der Waals surface area contributed by atoms with Crippen LogP contribution in [0.3, 0.4) is 0 Å². The number of fused-ring (bicyclic) bond motifs is 1. The predicted octanol–water partition coefficient (Wildman–Crippen LogP) is 2.25. The van der Waals surface area contributed by atoms with E-state index < -0.39 is 0 Å². The molecule has 0 aliphatic carbocycles. The molecule has 5 nitrogen and oxygen atoms in total. The van der Waals surface area contributed by atoms with E-state index in [1.165, 1.54) is 0 Å². The second-order valence-electron chi connectivity index (χ2n) is 4.26. The minimum Gasteiger partial charge on any atom is -0.465 e. The molecule has 0 fully saturated rings. The maximum absolute atomic E-state index is 12.0. The third kappa shape index (κ3) is 2.40. The van der Waals surface area contributed by atoms with Crippen molar-refractivity contribution in [2.75, 3.05) is 6.79 Å². The molecule has 0 saturated carbocycles. The zero-order chi connectivity index (χ0) is 13.2. The van der Waals surface area contributed by atoms with Gasteiger partial charge in [0.2, 0.25) is 6.79 Å². The zero-order valence-electron chi connectivity index (χ0n) is 10.4. The van der Waals surface area contributed by atoms with E-state index in [0.717, 1.165) is 11.5 Å². The van der Waals surface area contributed by atoms with Crippen LogP contribution >= 0.6 is 0 Å². The first-order valence-corrected chi connectivity index (χ1v) is 5.95. The quantitative estimate of drug-likeness (QED) is 0.918. The Morgan fingerprint density at radius 2 is 2.05 bits per heavy atom. The van der Waals surface area contributed by atoms with Crippen molar-refractivity contribution in [3.63, 3.8) is 0 Å². The molecule has 19 heavy (non-hydrogen) atoms. The summed E-state index contributed by atoms with van der Waals surface area (Å²) in [6, 6.07) is 8.81. The molecular formula is C14H13NO4. The van der Waals surface area contributed by atoms with Crippen molar-refractivity contribution in [1.29, 1.82) is 0 Å². The summed E-state index contributed by atoms with van der Waals surface area (Å²) in [6.07, 6.45) is 0. The topological polar surface area (TPSA) is 60.7 Å². The van der Waals surface area contributed by atoms with E-state index in [2.05, 4.69) is 5.32 Å². The van der Waals surface area contributed by atoms with Crippen LogP contribution in [0, 0.1) is 6.92 Å². The molecule has 3 rings (SSSR count). The standard InChI is InChI=1S/C14H13NO4/c1-9-2-4-11(19-9)7-15-14(16)10-3-5-12-13(6-10)18-8-17-12/h2-6H,7-8H2,1H3,(H,15,16). The van der Waals surface area contributed by atoms with Crippen molar-refractivity contribution in [2.24, 2.45) is 0 Å². The molecule has 1 aliphatic rings. The highest BCUT2D eigenvalue weighted by Crippen LogP contribution is 2.32. The van der Waals surface area contributed by atoms with Gasteiger partial charge in [0.05, 0.1) is 6.54 Å². The third-order valence-corrected chi connectivity index (χ3v) is 2.85. The maximum Gasteiger partial charge on any atom is 0.251 e. The van der Waals surface area contributed by atoms with Crippen LogP contribution in [0.2, 0.25) is 0 Å². The molecule has 1 aromatic carbocycles. The van der Waals surface area contributed by atoms with Gasteiger partial charge in [-0.1, -0.05) is 0 Å². The second-order valence-corrected chi connectivity index (χ2v) is 4.26. The van der Waals surface area contributed by atoms with E-state index >= 15 is 0 Å². The van der Waals surface area contributed by atoms with Gasteiger partial charge in [-0.3, -0.25) is 4.79 Å². The number of nitrogens with one attached hydrogen (secondary N) is 1. The van der Waals surface area contributed by atoms with Crippen LogP contribution in [-0.2, 0) is 6.54 Å². The average molecular weight is 259 g/mol. The summed E-state index contributed by atoms with van der Waals surface area (Å²) < 4.78 is 15.8. The molecule has 1 aromatic heterocycles. The number of benzene rings is 1. The van der Waals surface area contributed by atoms with Gasteiger partial charge in [0, 0.05) is 5.56 Å². The highest BCUT2D eigenvalue weighted by atomic mass is 16.7. The van der Waals surface area contributed by atoms with Crippen LogP contribution in [0.5, 0.6) is 11.5 Å². The number of hydrogen-bond acceptors (Lipinski definition) is 4. The van der Waals surface area contributed by atoms with E-state index in [1.54, 1.807) is 18.2 Å². The van der Waals surface area contributed by atoms with Crippen molar-refractivity contribution < 1.29 is 18.7 Å². The molecule has 0 radical (unpaired) electrons. The van der Waals surface area contributed by atoms with Gasteiger partial charge in [0.1, 0.15) is 11.5 Å². The van der Waals surface area contributed by atoms with Gasteiger partial charge < -0.3 is 19.2 Å². The molecule has 1 N–H and O–H groups in total. The highest BCUT2D eigenvalue weighted by Gasteiger charge is 2.16. The summed E-state index contributed by atoms with van der Waals surface area (Å²) in [4.78, 5) is 12.0. The van der Waals surface area contributed by atoms with E-state index in [0.29, 0.717) is 23.6 Å². The summed E-state index contributed by atoms with van der Waals surface area (Å²) >= 11 is 0. The molecule has 2 aromatic rings. The van der Waals surface area contributed by atoms with Gasteiger partial charge in [-0.05, 0) is 37.3 Å². The van der Waals surface area contributed by atoms with Crippen LogP contribution in [0.1, 0.15) is 21.9 Å². The lowest BCUT2D eigenvalue weighted by molar-refractivity contribution is 0.0947. The summed E-state index contributed by atoms with van der Waals surface area (Å²) in [6.45, 7) is 2.43. The van der Waals surface area contributed by atoms with Crippen molar-refractivity contribution in [1.82, 2.24) is 5.32 Å². The summed E-state index contributed by atoms with van der Waals surface area (Å²) in [5.74, 6) is 2.64. The summed E-state index contributed by atoms with van der Waals surface area (Å²) in [5, 5.41) is 2.79. The number of furan rings is 1. The van der Waals surface area contributed by atoms with Crippen molar-refractivity contribution in [2.45, 2.75) is 13.5 Å². The lowest BCUT2D eigenvalue weighted by Crippen LogP contribution is -2.22. The SMILES string of the molecule is Cc1ccc(CNC(=O)c2ccc3c(c2)OCO3)o1. The largest absolute Gasteiger partial charge is 0.465 e. The molecule has 1 amide bonds. The summed E-state index contributed by atoms with van der Waals surface area (Å²) in [5.41, 5.74) is 0.535. The second kappa shape index (κ2) is 4.68. The van der Waals surface area contributed by atoms with Gasteiger partial charge in [-0.2, -0.15) is 0 Å².